The molecule has 0 heterocycles. The van der Waals surface area contributed by atoms with Gasteiger partial charge in [0.05, 0.1) is 17.6 Å². The first-order valence-electron chi connectivity index (χ1n) is 6.97. The van der Waals surface area contributed by atoms with E-state index in [1.165, 1.54) is 13.2 Å². The van der Waals surface area contributed by atoms with Crippen molar-refractivity contribution in [2.24, 2.45) is 11.8 Å². The number of carbonyl (C=O) groups is 1. The molecule has 22 heavy (non-hydrogen) atoms. The zero-order chi connectivity index (χ0) is 15.9. The number of rotatable bonds is 3. The monoisotopic (exact) mass is 363 g/mol. The molecule has 0 saturated heterocycles. The van der Waals surface area contributed by atoms with Crippen LogP contribution in [0.2, 0.25) is 0 Å². The van der Waals surface area contributed by atoms with Crippen molar-refractivity contribution in [1.82, 2.24) is 0 Å². The van der Waals surface area contributed by atoms with Crippen LogP contribution in [0, 0.1) is 22.0 Å². The Kier molecular flexibility index (Phi) is 3.87. The van der Waals surface area contributed by atoms with Gasteiger partial charge in [-0.3, -0.25) is 10.1 Å². The summed E-state index contributed by atoms with van der Waals surface area (Å²) in [5.74, 6) is 0.0710. The maximum atomic E-state index is 11.7. The van der Waals surface area contributed by atoms with Gasteiger partial charge in [0, 0.05) is 22.0 Å². The first-order valence-corrected chi connectivity index (χ1v) is 7.76. The summed E-state index contributed by atoms with van der Waals surface area (Å²) in [5.41, 5.74) is 2.25. The Hall–Kier alpha value is -1.95. The third-order valence-electron chi connectivity index (χ3n) is 4.27. The third kappa shape index (κ3) is 2.37. The van der Waals surface area contributed by atoms with Gasteiger partial charge in [-0.25, -0.2) is 4.79 Å². The fourth-order valence-electron chi connectivity index (χ4n) is 3.16. The van der Waals surface area contributed by atoms with Crippen molar-refractivity contribution in [1.29, 1.82) is 0 Å². The molecule has 1 aromatic rings. The first kappa shape index (κ1) is 15.0. The van der Waals surface area contributed by atoms with E-state index < -0.39 is 0 Å². The van der Waals surface area contributed by atoms with Crippen molar-refractivity contribution in [3.63, 3.8) is 0 Å². The number of fused-ring (bicyclic) bond motifs is 1. The molecule has 2 aliphatic rings. The van der Waals surface area contributed by atoms with Crippen LogP contribution in [0.4, 0.5) is 5.69 Å². The minimum atomic E-state index is -0.373. The maximum absolute atomic E-state index is 11.7. The predicted octanol–water partition coefficient (Wildman–Crippen LogP) is 3.88. The Morgan fingerprint density at radius 1 is 1.41 bits per heavy atom. The van der Waals surface area contributed by atoms with Gasteiger partial charge in [-0.1, -0.05) is 18.2 Å². The molecular formula is C16H14BrNO4. The number of nitro groups is 1. The summed E-state index contributed by atoms with van der Waals surface area (Å²) in [7, 11) is 1.37. The molecule has 0 spiro atoms. The molecule has 0 saturated carbocycles. The number of ether oxygens (including phenoxy) is 1. The lowest BCUT2D eigenvalue weighted by Gasteiger charge is -2.38. The highest BCUT2D eigenvalue weighted by molar-refractivity contribution is 9.10. The summed E-state index contributed by atoms with van der Waals surface area (Å²) >= 11 is 3.41. The molecule has 5 nitrogen and oxygen atoms in total. The van der Waals surface area contributed by atoms with E-state index in [1.807, 2.05) is 6.08 Å². The van der Waals surface area contributed by atoms with E-state index in [2.05, 4.69) is 22.0 Å². The summed E-state index contributed by atoms with van der Waals surface area (Å²) < 4.78 is 5.48. The Morgan fingerprint density at radius 2 is 2.18 bits per heavy atom. The molecule has 0 aromatic heterocycles. The lowest BCUT2D eigenvalue weighted by Crippen LogP contribution is -2.28. The second kappa shape index (κ2) is 5.68. The standard InChI is InChI=1S/C16H14BrNO4/c1-22-16(19)10-6-5-9-7-12(11(9)8-10)15-13(17)3-2-4-14(15)18(20)21/h2-4,7-9,11H,5-6H2,1H3. The average molecular weight is 364 g/mol. The second-order valence-electron chi connectivity index (χ2n) is 5.42. The summed E-state index contributed by atoms with van der Waals surface area (Å²) in [6.07, 6.45) is 5.53. The number of nitro benzene ring substituents is 1. The molecular weight excluding hydrogens is 350 g/mol. The van der Waals surface area contributed by atoms with Gasteiger partial charge in [-0.05, 0) is 46.3 Å². The van der Waals surface area contributed by atoms with E-state index >= 15 is 0 Å². The average Bonchev–Trinajstić information content (AvgIpc) is 2.49. The third-order valence-corrected chi connectivity index (χ3v) is 4.93. The van der Waals surface area contributed by atoms with E-state index in [4.69, 9.17) is 4.74 Å². The van der Waals surface area contributed by atoms with Crippen LogP contribution in [0.3, 0.4) is 0 Å². The molecule has 0 bridgehead atoms. The number of allylic oxidation sites excluding steroid dienone is 3. The molecule has 0 fully saturated rings. The molecule has 2 unspecified atom stereocenters. The highest BCUT2D eigenvalue weighted by atomic mass is 79.9. The largest absolute Gasteiger partial charge is 0.466 e. The zero-order valence-electron chi connectivity index (χ0n) is 11.9. The number of methoxy groups -OCH3 is 1. The molecule has 3 rings (SSSR count). The maximum Gasteiger partial charge on any atom is 0.333 e. The van der Waals surface area contributed by atoms with Crippen LogP contribution in [0.15, 0.2) is 40.4 Å². The van der Waals surface area contributed by atoms with Gasteiger partial charge in [0.15, 0.2) is 0 Å². The van der Waals surface area contributed by atoms with Gasteiger partial charge in [0.1, 0.15) is 0 Å². The van der Waals surface area contributed by atoms with Crippen LogP contribution >= 0.6 is 15.9 Å². The molecule has 0 radical (unpaired) electrons. The van der Waals surface area contributed by atoms with Gasteiger partial charge >= 0.3 is 5.97 Å². The lowest BCUT2D eigenvalue weighted by atomic mass is 9.66. The van der Waals surface area contributed by atoms with Crippen LogP contribution < -0.4 is 0 Å². The highest BCUT2D eigenvalue weighted by Gasteiger charge is 2.39. The highest BCUT2D eigenvalue weighted by Crippen LogP contribution is 2.51. The van der Waals surface area contributed by atoms with E-state index in [1.54, 1.807) is 12.1 Å². The van der Waals surface area contributed by atoms with Crippen molar-refractivity contribution >= 4 is 33.2 Å². The van der Waals surface area contributed by atoms with Crippen LogP contribution in [-0.4, -0.2) is 18.0 Å². The number of esters is 1. The minimum Gasteiger partial charge on any atom is -0.466 e. The summed E-state index contributed by atoms with van der Waals surface area (Å²) in [6, 6.07) is 4.95. The SMILES string of the molecule is COC(=O)C1=CC2C(c3c(Br)cccc3[N+](=O)[O-])=CC2CC1. The lowest BCUT2D eigenvalue weighted by molar-refractivity contribution is -0.385. The van der Waals surface area contributed by atoms with Crippen molar-refractivity contribution in [2.75, 3.05) is 7.11 Å². The number of benzene rings is 1. The Labute approximate surface area is 135 Å². The van der Waals surface area contributed by atoms with Crippen molar-refractivity contribution < 1.29 is 14.5 Å². The van der Waals surface area contributed by atoms with Crippen LogP contribution in [0.5, 0.6) is 0 Å². The van der Waals surface area contributed by atoms with E-state index in [0.29, 0.717) is 27.9 Å². The fourth-order valence-corrected chi connectivity index (χ4v) is 3.74. The van der Waals surface area contributed by atoms with Crippen molar-refractivity contribution in [3.05, 3.63) is 56.1 Å². The summed E-state index contributed by atoms with van der Waals surface area (Å²) in [6.45, 7) is 0. The van der Waals surface area contributed by atoms with Gasteiger partial charge in [0.2, 0.25) is 0 Å². The molecule has 2 atom stereocenters. The molecule has 6 heteroatoms. The smallest absolute Gasteiger partial charge is 0.333 e. The van der Waals surface area contributed by atoms with Gasteiger partial charge < -0.3 is 4.74 Å². The fraction of sp³-hybridized carbons (Fsp3) is 0.312. The Morgan fingerprint density at radius 3 is 2.86 bits per heavy atom. The predicted molar refractivity (Wildman–Crippen MR) is 85.1 cm³/mol. The molecule has 114 valence electrons. The summed E-state index contributed by atoms with van der Waals surface area (Å²) in [4.78, 5) is 22.6. The van der Waals surface area contributed by atoms with Crippen molar-refractivity contribution in [2.45, 2.75) is 12.8 Å². The number of nitrogens with zero attached hydrogens (tertiary/aromatic N) is 1. The van der Waals surface area contributed by atoms with E-state index in [0.717, 1.165) is 12.0 Å². The molecule has 0 N–H and O–H groups in total. The number of carbonyl (C=O) groups excluding carboxylic acids is 1. The second-order valence-corrected chi connectivity index (χ2v) is 6.28. The van der Waals surface area contributed by atoms with Gasteiger partial charge in [-0.2, -0.15) is 0 Å². The Bertz CT molecular complexity index is 723. The van der Waals surface area contributed by atoms with Crippen molar-refractivity contribution in [3.8, 4) is 0 Å². The molecule has 1 aromatic carbocycles. The minimum absolute atomic E-state index is 0.0419. The number of hydrogen-bond acceptors (Lipinski definition) is 4. The van der Waals surface area contributed by atoms with Gasteiger partial charge in [0.25, 0.3) is 5.69 Å². The topological polar surface area (TPSA) is 69.4 Å². The van der Waals surface area contributed by atoms with Crippen LogP contribution in [-0.2, 0) is 9.53 Å². The molecule has 2 aliphatic carbocycles. The molecule has 0 amide bonds. The quantitative estimate of drug-likeness (QED) is 0.464. The van der Waals surface area contributed by atoms with Crippen LogP contribution in [0.1, 0.15) is 18.4 Å². The normalized spacial score (nSPS) is 22.8. The first-order chi connectivity index (χ1) is 10.5. The number of hydrogen-bond donors (Lipinski definition) is 0. The Balaban J connectivity index is 2.01. The van der Waals surface area contributed by atoms with E-state index in [-0.39, 0.29) is 22.5 Å². The van der Waals surface area contributed by atoms with Gasteiger partial charge in [-0.15, -0.1) is 0 Å². The summed E-state index contributed by atoms with van der Waals surface area (Å²) in [5, 5.41) is 11.3. The number of halogens is 1. The van der Waals surface area contributed by atoms with E-state index in [9.17, 15) is 14.9 Å². The molecule has 0 aliphatic heterocycles. The zero-order valence-corrected chi connectivity index (χ0v) is 13.5. The van der Waals surface area contributed by atoms with Crippen LogP contribution in [0.25, 0.3) is 5.57 Å².